The van der Waals surface area contributed by atoms with Crippen molar-refractivity contribution >= 4 is 13.6 Å². The molecular weight excluding hydrogens is 207 g/mol. The van der Waals surface area contributed by atoms with Gasteiger partial charge in [-0.1, -0.05) is 0 Å². The predicted octanol–water partition coefficient (Wildman–Crippen LogP) is 1.94. The summed E-state index contributed by atoms with van der Waals surface area (Å²) in [5.41, 5.74) is 0.207. The van der Waals surface area contributed by atoms with Crippen molar-refractivity contribution in [3.8, 4) is 0 Å². The highest BCUT2D eigenvalue weighted by molar-refractivity contribution is 7.57. The summed E-state index contributed by atoms with van der Waals surface area (Å²) >= 11 is 0. The van der Waals surface area contributed by atoms with E-state index in [1.165, 1.54) is 21.1 Å². The van der Waals surface area contributed by atoms with Gasteiger partial charge >= 0.3 is 13.6 Å². The molecule has 0 saturated heterocycles. The summed E-state index contributed by atoms with van der Waals surface area (Å²) < 4.78 is 25.5. The van der Waals surface area contributed by atoms with Crippen molar-refractivity contribution in [3.63, 3.8) is 0 Å². The van der Waals surface area contributed by atoms with Gasteiger partial charge in [0.2, 0.25) is 0 Å². The number of hydrogen-bond donors (Lipinski definition) is 0. The second-order valence-electron chi connectivity index (χ2n) is 2.44. The lowest BCUT2D eigenvalue weighted by atomic mass is 10.4. The van der Waals surface area contributed by atoms with E-state index in [9.17, 15) is 9.36 Å². The summed E-state index contributed by atoms with van der Waals surface area (Å²) in [6.45, 7) is 3.45. The van der Waals surface area contributed by atoms with Crippen LogP contribution in [0.1, 0.15) is 13.8 Å². The second kappa shape index (κ2) is 5.96. The maximum Gasteiger partial charge on any atom is 0.354 e. The molecule has 0 rings (SSSR count). The number of carbonyl (C=O) groups is 1. The van der Waals surface area contributed by atoms with Crippen LogP contribution in [-0.2, 0) is 23.1 Å². The van der Waals surface area contributed by atoms with Gasteiger partial charge in [0, 0.05) is 25.6 Å². The fourth-order valence-corrected chi connectivity index (χ4v) is 1.65. The van der Waals surface area contributed by atoms with Crippen molar-refractivity contribution in [2.24, 2.45) is 0 Å². The summed E-state index contributed by atoms with van der Waals surface area (Å²) in [4.78, 5) is 11.1. The lowest BCUT2D eigenvalue weighted by Crippen LogP contribution is -2.05. The average Bonchev–Trinajstić information content (AvgIpc) is 2.18. The van der Waals surface area contributed by atoms with Crippen LogP contribution in [0, 0.1) is 0 Å². The average molecular weight is 222 g/mol. The summed E-state index contributed by atoms with van der Waals surface area (Å²) in [5.74, 6) is 0.618. The molecule has 0 N–H and O–H groups in total. The molecule has 0 aliphatic rings. The Balaban J connectivity index is 4.64. The van der Waals surface area contributed by atoms with Gasteiger partial charge in [-0.2, -0.15) is 0 Å². The largest absolute Gasteiger partial charge is 0.463 e. The van der Waals surface area contributed by atoms with E-state index in [4.69, 9.17) is 4.74 Å². The highest BCUT2D eigenvalue weighted by Crippen LogP contribution is 2.48. The van der Waals surface area contributed by atoms with E-state index in [-0.39, 0.29) is 12.2 Å². The Labute approximate surface area is 83.6 Å². The van der Waals surface area contributed by atoms with Crippen molar-refractivity contribution in [1.82, 2.24) is 0 Å². The van der Waals surface area contributed by atoms with Crippen LogP contribution in [0.2, 0.25) is 0 Å². The smallest absolute Gasteiger partial charge is 0.354 e. The van der Waals surface area contributed by atoms with Crippen molar-refractivity contribution < 1.29 is 23.1 Å². The van der Waals surface area contributed by atoms with Gasteiger partial charge in [0.05, 0.1) is 6.61 Å². The molecule has 0 bridgehead atoms. The lowest BCUT2D eigenvalue weighted by Gasteiger charge is -2.09. The van der Waals surface area contributed by atoms with E-state index in [0.717, 1.165) is 5.82 Å². The Kier molecular flexibility index (Phi) is 5.69. The van der Waals surface area contributed by atoms with Gasteiger partial charge in [-0.25, -0.2) is 4.79 Å². The normalized spacial score (nSPS) is 12.7. The molecule has 0 spiro atoms. The zero-order chi connectivity index (χ0) is 11.2. The quantitative estimate of drug-likeness (QED) is 0.404. The maximum absolute atomic E-state index is 11.5. The van der Waals surface area contributed by atoms with E-state index in [1.807, 2.05) is 0 Å². The molecule has 82 valence electrons. The van der Waals surface area contributed by atoms with Gasteiger partial charge in [-0.3, -0.25) is 4.57 Å². The molecule has 0 atom stereocenters. The number of ether oxygens (including phenoxy) is 1. The van der Waals surface area contributed by atoms with Gasteiger partial charge < -0.3 is 13.8 Å². The molecular formula is C8H15O5P. The number of carbonyl (C=O) groups excluding carboxylic acids is 1. The molecule has 0 aliphatic heterocycles. The first kappa shape index (κ1) is 13.4. The maximum atomic E-state index is 11.5. The van der Waals surface area contributed by atoms with Crippen LogP contribution in [0.3, 0.4) is 0 Å². The summed E-state index contributed by atoms with van der Waals surface area (Å²) in [6.07, 6.45) is 0. The molecule has 6 heteroatoms. The Morgan fingerprint density at radius 3 is 2.21 bits per heavy atom. The van der Waals surface area contributed by atoms with E-state index in [2.05, 4.69) is 9.05 Å². The Morgan fingerprint density at radius 2 is 1.86 bits per heavy atom. The highest BCUT2D eigenvalue weighted by atomic mass is 31.2. The summed E-state index contributed by atoms with van der Waals surface area (Å²) in [5, 5.41) is 0. The van der Waals surface area contributed by atoms with E-state index >= 15 is 0 Å². The van der Waals surface area contributed by atoms with Crippen LogP contribution in [0.4, 0.5) is 0 Å². The molecule has 14 heavy (non-hydrogen) atoms. The van der Waals surface area contributed by atoms with Crippen molar-refractivity contribution in [2.45, 2.75) is 13.8 Å². The van der Waals surface area contributed by atoms with Crippen molar-refractivity contribution in [3.05, 3.63) is 11.4 Å². The summed E-state index contributed by atoms with van der Waals surface area (Å²) in [6, 6.07) is 0. The second-order valence-corrected chi connectivity index (χ2v) is 4.51. The first-order valence-electron chi connectivity index (χ1n) is 4.07. The van der Waals surface area contributed by atoms with Gasteiger partial charge in [0.25, 0.3) is 0 Å². The molecule has 0 heterocycles. The standard InChI is InChI=1S/C8H15O5P/c1-5-13-8(9)7(2)6-14(10,11-3)12-4/h6H,5H2,1-4H3. The zero-order valence-corrected chi connectivity index (χ0v) is 9.67. The fourth-order valence-electron chi connectivity index (χ4n) is 0.715. The molecule has 0 aliphatic carbocycles. The third kappa shape index (κ3) is 4.05. The first-order chi connectivity index (χ1) is 6.49. The molecule has 0 unspecified atom stereocenters. The Bertz CT molecular complexity index is 263. The Morgan fingerprint density at radius 1 is 1.36 bits per heavy atom. The van der Waals surface area contributed by atoms with Gasteiger partial charge in [0.15, 0.2) is 0 Å². The molecule has 5 nitrogen and oxygen atoms in total. The third-order valence-corrected chi connectivity index (χ3v) is 3.18. The van der Waals surface area contributed by atoms with Gasteiger partial charge in [-0.05, 0) is 13.8 Å². The van der Waals surface area contributed by atoms with Crippen LogP contribution in [0.25, 0.3) is 0 Å². The van der Waals surface area contributed by atoms with Crippen LogP contribution >= 0.6 is 7.60 Å². The van der Waals surface area contributed by atoms with Crippen LogP contribution in [-0.4, -0.2) is 26.8 Å². The Hall–Kier alpha value is -0.640. The van der Waals surface area contributed by atoms with Crippen LogP contribution < -0.4 is 0 Å². The van der Waals surface area contributed by atoms with Crippen LogP contribution in [0.15, 0.2) is 11.4 Å². The SMILES string of the molecule is CCOC(=O)C(C)=CP(=O)(OC)OC. The number of rotatable bonds is 5. The minimum Gasteiger partial charge on any atom is -0.463 e. The van der Waals surface area contributed by atoms with Crippen molar-refractivity contribution in [2.75, 3.05) is 20.8 Å². The third-order valence-electron chi connectivity index (χ3n) is 1.46. The number of esters is 1. The molecule has 0 radical (unpaired) electrons. The topological polar surface area (TPSA) is 61.8 Å². The van der Waals surface area contributed by atoms with Gasteiger partial charge in [-0.15, -0.1) is 0 Å². The molecule has 0 aromatic rings. The molecule has 0 aromatic heterocycles. The monoisotopic (exact) mass is 222 g/mol. The molecule has 0 aromatic carbocycles. The highest BCUT2D eigenvalue weighted by Gasteiger charge is 2.19. The first-order valence-corrected chi connectivity index (χ1v) is 5.68. The summed E-state index contributed by atoms with van der Waals surface area (Å²) in [7, 11) is -0.779. The molecule has 0 fully saturated rings. The van der Waals surface area contributed by atoms with Crippen LogP contribution in [0.5, 0.6) is 0 Å². The van der Waals surface area contributed by atoms with Gasteiger partial charge in [0.1, 0.15) is 0 Å². The zero-order valence-electron chi connectivity index (χ0n) is 8.77. The number of hydrogen-bond acceptors (Lipinski definition) is 5. The predicted molar refractivity (Wildman–Crippen MR) is 52.0 cm³/mol. The molecule has 0 saturated carbocycles. The van der Waals surface area contributed by atoms with E-state index < -0.39 is 13.6 Å². The minimum atomic E-state index is -3.28. The minimum absolute atomic E-state index is 0.207. The van der Waals surface area contributed by atoms with Crippen molar-refractivity contribution in [1.29, 1.82) is 0 Å². The van der Waals surface area contributed by atoms with E-state index in [0.29, 0.717) is 0 Å². The lowest BCUT2D eigenvalue weighted by molar-refractivity contribution is -0.138. The fraction of sp³-hybridized carbons (Fsp3) is 0.625. The molecule has 0 amide bonds. The van der Waals surface area contributed by atoms with E-state index in [1.54, 1.807) is 6.92 Å².